The number of allylic oxidation sites excluding steroid dienone is 2. The van der Waals surface area contributed by atoms with Crippen LogP contribution in [0.2, 0.25) is 0 Å². The quantitative estimate of drug-likeness (QED) is 0.0201. The number of rotatable bonds is 33. The molecule has 1 aliphatic heterocycles. The van der Waals surface area contributed by atoms with Gasteiger partial charge in [0.1, 0.15) is 29.3 Å². The number of carbonyl (C=O) groups is 2. The van der Waals surface area contributed by atoms with E-state index in [1.54, 1.807) is 14.2 Å². The Labute approximate surface area is 400 Å². The summed E-state index contributed by atoms with van der Waals surface area (Å²) in [6.07, 6.45) is 17.5. The fourth-order valence-corrected chi connectivity index (χ4v) is 8.52. The minimum absolute atomic E-state index is 0.0775. The topological polar surface area (TPSA) is 174 Å². The van der Waals surface area contributed by atoms with E-state index in [0.717, 1.165) is 53.0 Å². The summed E-state index contributed by atoms with van der Waals surface area (Å²) in [7, 11) is 3.19. The first-order valence-corrected chi connectivity index (χ1v) is 24.4. The van der Waals surface area contributed by atoms with Gasteiger partial charge < -0.3 is 38.3 Å². The molecule has 68 heavy (non-hydrogen) atoms. The van der Waals surface area contributed by atoms with Crippen LogP contribution in [0.1, 0.15) is 133 Å². The van der Waals surface area contributed by atoms with Gasteiger partial charge >= 0.3 is 17.6 Å². The zero-order chi connectivity index (χ0) is 48.4. The number of carboxylic acid groups (broad SMARTS) is 1. The van der Waals surface area contributed by atoms with Crippen LogP contribution in [0.4, 0.5) is 0 Å². The minimum Gasteiger partial charge on any atom is -0.497 e. The van der Waals surface area contributed by atoms with Crippen molar-refractivity contribution in [2.75, 3.05) is 40.6 Å². The van der Waals surface area contributed by atoms with Crippen LogP contribution in [0.25, 0.3) is 0 Å². The average Bonchev–Trinajstić information content (AvgIpc) is 3.68. The van der Waals surface area contributed by atoms with Gasteiger partial charge in [-0.25, -0.2) is 4.79 Å². The largest absolute Gasteiger partial charge is 0.497 e. The molecule has 0 aliphatic carbocycles. The fourth-order valence-electron chi connectivity index (χ4n) is 8.52. The molecule has 1 aliphatic rings. The van der Waals surface area contributed by atoms with Crippen LogP contribution in [-0.2, 0) is 38.9 Å². The van der Waals surface area contributed by atoms with E-state index in [2.05, 4.69) is 24.1 Å². The van der Waals surface area contributed by atoms with Crippen molar-refractivity contribution >= 4 is 11.9 Å². The Morgan fingerprint density at radius 1 is 0.691 bits per heavy atom. The maximum atomic E-state index is 13.3. The highest BCUT2D eigenvalue weighted by Gasteiger charge is 2.51. The van der Waals surface area contributed by atoms with Crippen LogP contribution in [0.5, 0.6) is 11.5 Å². The molecule has 4 atom stereocenters. The van der Waals surface area contributed by atoms with Gasteiger partial charge in [-0.2, -0.15) is 0 Å². The Morgan fingerprint density at radius 2 is 1.26 bits per heavy atom. The Morgan fingerprint density at radius 3 is 1.84 bits per heavy atom. The smallest absolute Gasteiger partial charge is 0.330 e. The SMILES string of the molecule is CCCCCCCC/C=C\CCCCCCCCOCCOC1C(OC(=O)CCC(=O)O)[C@H](n2ccc(=O)[nH]c2=O)O[C@@H]1COC(c1ccccc1)(c1ccc(OC)cc1)c1ccc(OC)cc1. The van der Waals surface area contributed by atoms with E-state index in [-0.39, 0.29) is 19.8 Å². The first-order valence-electron chi connectivity index (χ1n) is 24.4. The van der Waals surface area contributed by atoms with E-state index in [1.165, 1.54) is 70.4 Å². The second-order valence-electron chi connectivity index (χ2n) is 17.1. The van der Waals surface area contributed by atoms with Crippen molar-refractivity contribution in [2.45, 2.75) is 140 Å². The highest BCUT2D eigenvalue weighted by Crippen LogP contribution is 2.43. The number of carbonyl (C=O) groups excluding carboxylic acids is 1. The lowest BCUT2D eigenvalue weighted by Crippen LogP contribution is -2.43. The number of nitrogens with zero attached hydrogens (tertiary/aromatic N) is 1. The van der Waals surface area contributed by atoms with Gasteiger partial charge in [-0.15, -0.1) is 0 Å². The van der Waals surface area contributed by atoms with Crippen molar-refractivity contribution in [3.8, 4) is 11.5 Å². The predicted octanol–water partition coefficient (Wildman–Crippen LogP) is 9.68. The molecule has 14 nitrogen and oxygen atoms in total. The van der Waals surface area contributed by atoms with E-state index >= 15 is 0 Å². The first kappa shape index (κ1) is 53.4. The van der Waals surface area contributed by atoms with Crippen LogP contribution in [0, 0.1) is 0 Å². The fraction of sp³-hybridized carbons (Fsp3) is 0.519. The lowest BCUT2D eigenvalue weighted by Gasteiger charge is -2.37. The number of benzene rings is 3. The molecule has 1 aromatic heterocycles. The molecule has 0 saturated carbocycles. The molecule has 3 aromatic carbocycles. The number of esters is 1. The molecular weight excluding hydrogens is 869 g/mol. The highest BCUT2D eigenvalue weighted by atomic mass is 16.6. The Bertz CT molecular complexity index is 2160. The number of aromatic amines is 1. The molecule has 0 bridgehead atoms. The summed E-state index contributed by atoms with van der Waals surface area (Å²) < 4.78 is 44.4. The molecule has 14 heteroatoms. The van der Waals surface area contributed by atoms with Crippen molar-refractivity contribution in [3.05, 3.63) is 141 Å². The average molecular weight is 941 g/mol. The predicted molar refractivity (Wildman–Crippen MR) is 260 cm³/mol. The summed E-state index contributed by atoms with van der Waals surface area (Å²) in [6.45, 7) is 2.94. The number of H-pyrrole nitrogens is 1. The highest BCUT2D eigenvalue weighted by molar-refractivity contribution is 5.76. The molecule has 0 radical (unpaired) electrons. The number of aromatic nitrogens is 2. The van der Waals surface area contributed by atoms with Gasteiger partial charge in [-0.05, 0) is 73.1 Å². The third kappa shape index (κ3) is 16.3. The molecule has 2 heterocycles. The number of unbranched alkanes of at least 4 members (excludes halogenated alkanes) is 12. The summed E-state index contributed by atoms with van der Waals surface area (Å²) in [6, 6.07) is 25.9. The van der Waals surface area contributed by atoms with Crippen molar-refractivity contribution in [3.63, 3.8) is 0 Å². The summed E-state index contributed by atoms with van der Waals surface area (Å²) in [4.78, 5) is 52.4. The first-order chi connectivity index (χ1) is 33.2. The number of aliphatic carboxylic acids is 1. The molecular formula is C54H72N2O12. The molecule has 1 saturated heterocycles. The zero-order valence-corrected chi connectivity index (χ0v) is 40.2. The molecule has 5 rings (SSSR count). The Hall–Kier alpha value is -5.54. The van der Waals surface area contributed by atoms with Crippen LogP contribution in [-0.4, -0.2) is 85.6 Å². The molecule has 1 fully saturated rings. The summed E-state index contributed by atoms with van der Waals surface area (Å²) in [5.74, 6) is -0.709. The van der Waals surface area contributed by atoms with E-state index < -0.39 is 66.2 Å². The van der Waals surface area contributed by atoms with E-state index in [0.29, 0.717) is 18.1 Å². The second kappa shape index (κ2) is 29.4. The van der Waals surface area contributed by atoms with Gasteiger partial charge in [0.15, 0.2) is 12.3 Å². The molecule has 370 valence electrons. The Kier molecular flexibility index (Phi) is 23.1. The van der Waals surface area contributed by atoms with Gasteiger partial charge in [0.25, 0.3) is 5.56 Å². The van der Waals surface area contributed by atoms with Crippen molar-refractivity contribution in [2.24, 2.45) is 0 Å². The molecule has 4 aromatic rings. The summed E-state index contributed by atoms with van der Waals surface area (Å²) in [5, 5.41) is 9.34. The molecule has 0 amide bonds. The monoisotopic (exact) mass is 941 g/mol. The van der Waals surface area contributed by atoms with E-state index in [9.17, 15) is 24.3 Å². The normalized spacial score (nSPS) is 17.1. The second-order valence-corrected chi connectivity index (χ2v) is 17.1. The summed E-state index contributed by atoms with van der Waals surface area (Å²) in [5.41, 5.74) is -0.387. The number of carboxylic acids is 1. The van der Waals surface area contributed by atoms with Gasteiger partial charge in [0.05, 0.1) is 46.9 Å². The van der Waals surface area contributed by atoms with Gasteiger partial charge in [0.2, 0.25) is 0 Å². The van der Waals surface area contributed by atoms with E-state index in [4.69, 9.17) is 33.2 Å². The van der Waals surface area contributed by atoms with Crippen LogP contribution < -0.4 is 20.7 Å². The zero-order valence-electron chi connectivity index (χ0n) is 40.2. The standard InChI is InChI=1S/C54H72N2O12/c1-4-5-6-7-8-9-10-11-12-13-14-15-16-17-18-22-37-64-38-39-65-50-46(67-52(56-36-35-47(57)55-53(56)61)51(50)68-49(60)34-33-48(58)59)40-66-54(41-23-20-19-21-24-41,42-25-29-44(62-2)30-26-42)43-27-31-45(63-3)32-28-43/h11-12,19-21,23-32,35-36,46,50-52H,4-10,13-18,22,33-34,37-40H2,1-3H3,(H,58,59)(H,55,57,61)/b12-11-/t46-,50?,51?,52-/m1/s1. The third-order valence-electron chi connectivity index (χ3n) is 12.2. The lowest BCUT2D eigenvalue weighted by atomic mass is 9.80. The van der Waals surface area contributed by atoms with Gasteiger partial charge in [0, 0.05) is 18.9 Å². The van der Waals surface area contributed by atoms with Crippen LogP contribution >= 0.6 is 0 Å². The maximum Gasteiger partial charge on any atom is 0.330 e. The van der Waals surface area contributed by atoms with Gasteiger partial charge in [-0.1, -0.05) is 131 Å². The number of nitrogens with one attached hydrogen (secondary N) is 1. The third-order valence-corrected chi connectivity index (χ3v) is 12.2. The van der Waals surface area contributed by atoms with Crippen LogP contribution in [0.3, 0.4) is 0 Å². The van der Waals surface area contributed by atoms with Crippen molar-refractivity contribution < 1.29 is 47.9 Å². The molecule has 2 N–H and O–H groups in total. The summed E-state index contributed by atoms with van der Waals surface area (Å²) >= 11 is 0. The molecule has 0 spiro atoms. The Balaban J connectivity index is 1.29. The van der Waals surface area contributed by atoms with Crippen molar-refractivity contribution in [1.29, 1.82) is 0 Å². The minimum atomic E-state index is -1.29. The lowest BCUT2D eigenvalue weighted by molar-refractivity contribution is -0.162. The number of hydrogen-bond donors (Lipinski definition) is 2. The maximum absolute atomic E-state index is 13.3. The van der Waals surface area contributed by atoms with E-state index in [1.807, 2.05) is 78.9 Å². The van der Waals surface area contributed by atoms with Gasteiger partial charge in [-0.3, -0.25) is 23.9 Å². The number of methoxy groups -OCH3 is 2. The number of hydrogen-bond acceptors (Lipinski definition) is 11. The molecule has 2 unspecified atom stereocenters. The van der Waals surface area contributed by atoms with Crippen molar-refractivity contribution in [1.82, 2.24) is 9.55 Å². The van der Waals surface area contributed by atoms with Crippen LogP contribution in [0.15, 0.2) is 113 Å². The number of ether oxygens (including phenoxy) is 7.